The fourth-order valence-corrected chi connectivity index (χ4v) is 1.89. The molecule has 0 atom stereocenters. The van der Waals surface area contributed by atoms with Crippen molar-refractivity contribution >= 4 is 23.3 Å². The van der Waals surface area contributed by atoms with Crippen molar-refractivity contribution in [3.63, 3.8) is 0 Å². The summed E-state index contributed by atoms with van der Waals surface area (Å²) in [6.45, 7) is 1.97. The Morgan fingerprint density at radius 2 is 1.86 bits per heavy atom. The first kappa shape index (κ1) is 15.5. The number of carboxylic acid groups (broad SMARTS) is 1. The van der Waals surface area contributed by atoms with Crippen molar-refractivity contribution in [2.45, 2.75) is 6.92 Å². The number of halogens is 1. The zero-order valence-corrected chi connectivity index (χ0v) is 11.8. The Morgan fingerprint density at radius 3 is 2.55 bits per heavy atom. The summed E-state index contributed by atoms with van der Waals surface area (Å²) in [4.78, 5) is 22.6. The lowest BCUT2D eigenvalue weighted by atomic mass is 10.1. The van der Waals surface area contributed by atoms with Gasteiger partial charge < -0.3 is 15.2 Å². The number of carbonyl (C=O) groups is 2. The van der Waals surface area contributed by atoms with Gasteiger partial charge in [0.25, 0.3) is 0 Å². The predicted molar refractivity (Wildman–Crippen MR) is 79.0 cm³/mol. The first-order chi connectivity index (χ1) is 10.5. The monoisotopic (exact) mass is 303 g/mol. The van der Waals surface area contributed by atoms with E-state index in [9.17, 15) is 14.0 Å². The second-order valence-electron chi connectivity index (χ2n) is 4.46. The van der Waals surface area contributed by atoms with Crippen molar-refractivity contribution in [3.8, 4) is 0 Å². The molecule has 0 aliphatic heterocycles. The topological polar surface area (TPSA) is 75.6 Å². The van der Waals surface area contributed by atoms with Crippen LogP contribution in [-0.2, 0) is 4.74 Å². The number of hydrogen-bond donors (Lipinski definition) is 2. The fourth-order valence-electron chi connectivity index (χ4n) is 1.89. The smallest absolute Gasteiger partial charge is 0.338 e. The van der Waals surface area contributed by atoms with E-state index in [1.165, 1.54) is 12.1 Å². The van der Waals surface area contributed by atoms with Gasteiger partial charge in [0, 0.05) is 11.4 Å². The molecule has 0 aliphatic rings. The number of ether oxygens (including phenoxy) is 1. The minimum atomic E-state index is -1.22. The van der Waals surface area contributed by atoms with Crippen molar-refractivity contribution in [2.75, 3.05) is 11.9 Å². The van der Waals surface area contributed by atoms with Crippen LogP contribution in [0.2, 0.25) is 0 Å². The molecule has 0 saturated heterocycles. The number of aromatic carboxylic acids is 1. The van der Waals surface area contributed by atoms with Crippen molar-refractivity contribution in [2.24, 2.45) is 0 Å². The molecule has 0 amide bonds. The molecule has 0 unspecified atom stereocenters. The van der Waals surface area contributed by atoms with E-state index in [0.29, 0.717) is 11.3 Å². The standard InChI is InChI=1S/C16H14FNO4/c1-2-22-16(21)10-4-3-5-13(7-10)18-14-8-11(15(19)20)6-12(17)9-14/h3-9,18H,2H2,1H3,(H,19,20). The van der Waals surface area contributed by atoms with Crippen LogP contribution in [0, 0.1) is 5.82 Å². The molecule has 0 saturated carbocycles. The number of esters is 1. The molecule has 5 nitrogen and oxygen atoms in total. The molecule has 0 fully saturated rings. The minimum Gasteiger partial charge on any atom is -0.478 e. The highest BCUT2D eigenvalue weighted by Crippen LogP contribution is 2.21. The molecule has 22 heavy (non-hydrogen) atoms. The predicted octanol–water partition coefficient (Wildman–Crippen LogP) is 3.44. The molecule has 2 aromatic rings. The van der Waals surface area contributed by atoms with E-state index in [4.69, 9.17) is 9.84 Å². The number of nitrogens with one attached hydrogen (secondary N) is 1. The molecule has 0 heterocycles. The lowest BCUT2D eigenvalue weighted by Gasteiger charge is -2.09. The molecule has 0 aliphatic carbocycles. The van der Waals surface area contributed by atoms with Crippen LogP contribution in [-0.4, -0.2) is 23.7 Å². The normalized spacial score (nSPS) is 10.1. The molecule has 114 valence electrons. The van der Waals surface area contributed by atoms with Gasteiger partial charge in [-0.1, -0.05) is 6.07 Å². The third-order valence-electron chi connectivity index (χ3n) is 2.81. The Hall–Kier alpha value is -2.89. The Morgan fingerprint density at radius 1 is 1.14 bits per heavy atom. The highest BCUT2D eigenvalue weighted by Gasteiger charge is 2.09. The summed E-state index contributed by atoms with van der Waals surface area (Å²) >= 11 is 0. The van der Waals surface area contributed by atoms with E-state index in [-0.39, 0.29) is 17.9 Å². The van der Waals surface area contributed by atoms with Crippen molar-refractivity contribution in [1.82, 2.24) is 0 Å². The zero-order valence-electron chi connectivity index (χ0n) is 11.8. The highest BCUT2D eigenvalue weighted by molar-refractivity contribution is 5.91. The molecule has 0 bridgehead atoms. The third-order valence-corrected chi connectivity index (χ3v) is 2.81. The first-order valence-electron chi connectivity index (χ1n) is 6.57. The molecule has 0 aromatic heterocycles. The minimum absolute atomic E-state index is 0.163. The second-order valence-corrected chi connectivity index (χ2v) is 4.46. The molecular weight excluding hydrogens is 289 g/mol. The van der Waals surface area contributed by atoms with Crippen LogP contribution >= 0.6 is 0 Å². The SMILES string of the molecule is CCOC(=O)c1cccc(Nc2cc(F)cc(C(=O)O)c2)c1. The molecule has 2 N–H and O–H groups in total. The van der Waals surface area contributed by atoms with Crippen LogP contribution in [0.25, 0.3) is 0 Å². The van der Waals surface area contributed by atoms with E-state index in [2.05, 4.69) is 5.32 Å². The molecular formula is C16H14FNO4. The summed E-state index contributed by atoms with van der Waals surface area (Å²) < 4.78 is 18.3. The van der Waals surface area contributed by atoms with E-state index in [0.717, 1.165) is 6.07 Å². The van der Waals surface area contributed by atoms with Gasteiger partial charge >= 0.3 is 11.9 Å². The van der Waals surface area contributed by atoms with Gasteiger partial charge in [0.2, 0.25) is 0 Å². The van der Waals surface area contributed by atoms with Crippen LogP contribution in [0.5, 0.6) is 0 Å². The van der Waals surface area contributed by atoms with Crippen LogP contribution in [0.4, 0.5) is 15.8 Å². The van der Waals surface area contributed by atoms with E-state index in [1.54, 1.807) is 31.2 Å². The summed E-state index contributed by atoms with van der Waals surface area (Å²) in [5.41, 5.74) is 0.983. The Bertz CT molecular complexity index is 715. The van der Waals surface area contributed by atoms with Crippen LogP contribution in [0.1, 0.15) is 27.6 Å². The Kier molecular flexibility index (Phi) is 4.73. The summed E-state index contributed by atoms with van der Waals surface area (Å²) in [6.07, 6.45) is 0. The van der Waals surface area contributed by atoms with E-state index < -0.39 is 17.8 Å². The molecule has 0 spiro atoms. The van der Waals surface area contributed by atoms with Crippen molar-refractivity contribution in [3.05, 3.63) is 59.4 Å². The summed E-state index contributed by atoms with van der Waals surface area (Å²) in [5.74, 6) is -2.34. The van der Waals surface area contributed by atoms with Gasteiger partial charge in [-0.15, -0.1) is 0 Å². The van der Waals surface area contributed by atoms with Crippen molar-refractivity contribution < 1.29 is 23.8 Å². The van der Waals surface area contributed by atoms with Gasteiger partial charge in [0.15, 0.2) is 0 Å². The molecule has 2 rings (SSSR count). The lowest BCUT2D eigenvalue weighted by molar-refractivity contribution is 0.0526. The van der Waals surface area contributed by atoms with Gasteiger partial charge in [-0.3, -0.25) is 0 Å². The van der Waals surface area contributed by atoms with Crippen molar-refractivity contribution in [1.29, 1.82) is 0 Å². The maximum absolute atomic E-state index is 13.4. The highest BCUT2D eigenvalue weighted by atomic mass is 19.1. The number of carboxylic acids is 1. The molecule has 2 aromatic carbocycles. The number of hydrogen-bond acceptors (Lipinski definition) is 4. The Labute approximate surface area is 126 Å². The maximum Gasteiger partial charge on any atom is 0.338 e. The number of anilines is 2. The average molecular weight is 303 g/mol. The van der Waals surface area contributed by atoms with Crippen LogP contribution < -0.4 is 5.32 Å². The van der Waals surface area contributed by atoms with E-state index in [1.807, 2.05) is 0 Å². The van der Waals surface area contributed by atoms with Gasteiger partial charge in [0.05, 0.1) is 17.7 Å². The summed E-state index contributed by atoms with van der Waals surface area (Å²) in [6, 6.07) is 9.87. The van der Waals surface area contributed by atoms with Crippen LogP contribution in [0.3, 0.4) is 0 Å². The first-order valence-corrected chi connectivity index (χ1v) is 6.57. The Balaban J connectivity index is 2.26. The average Bonchev–Trinajstić information content (AvgIpc) is 2.47. The van der Waals surface area contributed by atoms with Gasteiger partial charge in [-0.05, 0) is 43.3 Å². The fraction of sp³-hybridized carbons (Fsp3) is 0.125. The maximum atomic E-state index is 13.4. The van der Waals surface area contributed by atoms with E-state index >= 15 is 0 Å². The number of rotatable bonds is 5. The number of carbonyl (C=O) groups excluding carboxylic acids is 1. The third kappa shape index (κ3) is 3.82. The molecule has 0 radical (unpaired) electrons. The lowest BCUT2D eigenvalue weighted by Crippen LogP contribution is -2.05. The van der Waals surface area contributed by atoms with Gasteiger partial charge in [-0.25, -0.2) is 14.0 Å². The van der Waals surface area contributed by atoms with Gasteiger partial charge in [-0.2, -0.15) is 0 Å². The van der Waals surface area contributed by atoms with Gasteiger partial charge in [0.1, 0.15) is 5.82 Å². The number of benzene rings is 2. The summed E-state index contributed by atoms with van der Waals surface area (Å²) in [5, 5.41) is 11.8. The summed E-state index contributed by atoms with van der Waals surface area (Å²) in [7, 11) is 0. The van der Waals surface area contributed by atoms with Crippen LogP contribution in [0.15, 0.2) is 42.5 Å². The quantitative estimate of drug-likeness (QED) is 0.827. The zero-order chi connectivity index (χ0) is 16.1. The second kappa shape index (κ2) is 6.71. The molecule has 6 heteroatoms. The largest absolute Gasteiger partial charge is 0.478 e.